The molecule has 2 heterocycles. The van der Waals surface area contributed by atoms with E-state index in [2.05, 4.69) is 28.7 Å². The molecule has 0 fully saturated rings. The summed E-state index contributed by atoms with van der Waals surface area (Å²) in [6, 6.07) is 0. The van der Waals surface area contributed by atoms with Crippen molar-refractivity contribution in [3.63, 3.8) is 0 Å². The van der Waals surface area contributed by atoms with Crippen molar-refractivity contribution in [3.8, 4) is 0 Å². The van der Waals surface area contributed by atoms with Gasteiger partial charge in [0, 0.05) is 45.5 Å². The molecule has 0 bridgehead atoms. The maximum absolute atomic E-state index is 5.17. The molecule has 0 aromatic carbocycles. The fraction of sp³-hybridized carbons (Fsp3) is 0.769. The summed E-state index contributed by atoms with van der Waals surface area (Å²) in [5.74, 6) is 0. The molecule has 0 unspecified atom stereocenters. The quantitative estimate of drug-likeness (QED) is 0.845. The van der Waals surface area contributed by atoms with Crippen LogP contribution in [0.5, 0.6) is 0 Å². The van der Waals surface area contributed by atoms with Crippen LogP contribution in [0.3, 0.4) is 0 Å². The van der Waals surface area contributed by atoms with E-state index >= 15 is 0 Å². The molecule has 1 aromatic rings. The lowest BCUT2D eigenvalue weighted by Gasteiger charge is -2.26. The molecule has 0 saturated heterocycles. The minimum atomic E-state index is 0.259. The molecule has 0 radical (unpaired) electrons. The van der Waals surface area contributed by atoms with Crippen molar-refractivity contribution in [3.05, 3.63) is 17.7 Å². The first-order valence-corrected chi connectivity index (χ1v) is 6.35. The number of aromatic nitrogens is 2. The monoisotopic (exact) mass is 237 g/mol. The topological polar surface area (TPSA) is 39.1 Å². The van der Waals surface area contributed by atoms with Crippen molar-refractivity contribution in [1.29, 1.82) is 0 Å². The van der Waals surface area contributed by atoms with Gasteiger partial charge in [-0.2, -0.15) is 0 Å². The number of rotatable bonds is 5. The Bertz CT molecular complexity index is 371. The number of methoxy groups -OCH3 is 1. The number of fused-ring (bicyclic) bond motifs is 1. The van der Waals surface area contributed by atoms with Crippen molar-refractivity contribution in [2.75, 3.05) is 20.3 Å². The van der Waals surface area contributed by atoms with Gasteiger partial charge in [-0.25, -0.2) is 4.98 Å². The Kier molecular flexibility index (Phi) is 3.84. The SMILES string of the molecule is COCCC(C)(C)Cn1cnc2c1CCNC2. The first-order valence-electron chi connectivity index (χ1n) is 6.35. The van der Waals surface area contributed by atoms with Crippen LogP contribution in [-0.2, 0) is 24.2 Å². The Morgan fingerprint density at radius 2 is 2.35 bits per heavy atom. The Balaban J connectivity index is 2.05. The zero-order chi connectivity index (χ0) is 12.3. The molecule has 0 aliphatic carbocycles. The third-order valence-corrected chi connectivity index (χ3v) is 3.45. The summed E-state index contributed by atoms with van der Waals surface area (Å²) in [5.41, 5.74) is 2.89. The Morgan fingerprint density at radius 1 is 1.53 bits per heavy atom. The van der Waals surface area contributed by atoms with E-state index in [4.69, 9.17) is 4.74 Å². The lowest BCUT2D eigenvalue weighted by Crippen LogP contribution is -2.27. The fourth-order valence-electron chi connectivity index (χ4n) is 2.35. The third kappa shape index (κ3) is 3.07. The van der Waals surface area contributed by atoms with Crippen LogP contribution in [0.15, 0.2) is 6.33 Å². The van der Waals surface area contributed by atoms with E-state index in [9.17, 15) is 0 Å². The van der Waals surface area contributed by atoms with Gasteiger partial charge in [-0.3, -0.25) is 0 Å². The molecule has 1 aliphatic heterocycles. The van der Waals surface area contributed by atoms with Crippen molar-refractivity contribution >= 4 is 0 Å². The summed E-state index contributed by atoms with van der Waals surface area (Å²) >= 11 is 0. The van der Waals surface area contributed by atoms with E-state index in [1.54, 1.807) is 7.11 Å². The van der Waals surface area contributed by atoms with Gasteiger partial charge in [-0.1, -0.05) is 13.8 Å². The van der Waals surface area contributed by atoms with Gasteiger partial charge in [-0.05, 0) is 11.8 Å². The molecule has 4 heteroatoms. The third-order valence-electron chi connectivity index (χ3n) is 3.45. The van der Waals surface area contributed by atoms with Crippen molar-refractivity contribution < 1.29 is 4.74 Å². The van der Waals surface area contributed by atoms with Gasteiger partial charge in [-0.15, -0.1) is 0 Å². The predicted molar refractivity (Wildman–Crippen MR) is 67.9 cm³/mol. The first-order chi connectivity index (χ1) is 8.12. The number of nitrogens with one attached hydrogen (secondary N) is 1. The Morgan fingerprint density at radius 3 is 3.12 bits per heavy atom. The second-order valence-corrected chi connectivity index (χ2v) is 5.60. The molecule has 1 N–H and O–H groups in total. The van der Waals surface area contributed by atoms with Gasteiger partial charge in [0.2, 0.25) is 0 Å². The van der Waals surface area contributed by atoms with Gasteiger partial charge in [0.1, 0.15) is 0 Å². The molecule has 17 heavy (non-hydrogen) atoms. The van der Waals surface area contributed by atoms with E-state index in [-0.39, 0.29) is 5.41 Å². The van der Waals surface area contributed by atoms with Crippen LogP contribution in [0.25, 0.3) is 0 Å². The van der Waals surface area contributed by atoms with Gasteiger partial charge in [0.25, 0.3) is 0 Å². The normalized spacial score (nSPS) is 15.9. The maximum atomic E-state index is 5.17. The first kappa shape index (κ1) is 12.6. The highest BCUT2D eigenvalue weighted by Crippen LogP contribution is 2.25. The molecule has 1 aliphatic rings. The zero-order valence-corrected chi connectivity index (χ0v) is 11.1. The molecule has 96 valence electrons. The molecule has 0 saturated carbocycles. The van der Waals surface area contributed by atoms with Crippen LogP contribution in [0.1, 0.15) is 31.7 Å². The van der Waals surface area contributed by atoms with Crippen LogP contribution in [0.2, 0.25) is 0 Å². The second-order valence-electron chi connectivity index (χ2n) is 5.60. The van der Waals surface area contributed by atoms with Gasteiger partial charge in [0.05, 0.1) is 12.0 Å². The highest BCUT2D eigenvalue weighted by atomic mass is 16.5. The minimum Gasteiger partial charge on any atom is -0.385 e. The lowest BCUT2D eigenvalue weighted by molar-refractivity contribution is 0.142. The van der Waals surface area contributed by atoms with E-state index in [1.807, 2.05) is 6.33 Å². The fourth-order valence-corrected chi connectivity index (χ4v) is 2.35. The predicted octanol–water partition coefficient (Wildman–Crippen LogP) is 1.59. The molecule has 2 rings (SSSR count). The molecule has 1 aromatic heterocycles. The zero-order valence-electron chi connectivity index (χ0n) is 11.1. The van der Waals surface area contributed by atoms with Crippen LogP contribution in [-0.4, -0.2) is 29.8 Å². The van der Waals surface area contributed by atoms with Gasteiger partial charge in [0.15, 0.2) is 0 Å². The number of ether oxygens (including phenoxy) is 1. The highest BCUT2D eigenvalue weighted by molar-refractivity contribution is 5.16. The van der Waals surface area contributed by atoms with E-state index in [0.29, 0.717) is 0 Å². The molecule has 0 amide bonds. The smallest absolute Gasteiger partial charge is 0.0952 e. The number of imidazole rings is 1. The summed E-state index contributed by atoms with van der Waals surface area (Å²) in [4.78, 5) is 4.49. The Labute approximate surface area is 103 Å². The van der Waals surface area contributed by atoms with E-state index < -0.39 is 0 Å². The second kappa shape index (κ2) is 5.19. The van der Waals surface area contributed by atoms with E-state index in [0.717, 1.165) is 39.1 Å². The van der Waals surface area contributed by atoms with Crippen LogP contribution in [0.4, 0.5) is 0 Å². The average molecular weight is 237 g/mol. The van der Waals surface area contributed by atoms with E-state index in [1.165, 1.54) is 11.4 Å². The summed E-state index contributed by atoms with van der Waals surface area (Å²) in [6.45, 7) is 8.42. The Hall–Kier alpha value is -0.870. The largest absolute Gasteiger partial charge is 0.385 e. The van der Waals surface area contributed by atoms with Crippen LogP contribution < -0.4 is 5.32 Å². The average Bonchev–Trinajstić information content (AvgIpc) is 2.70. The highest BCUT2D eigenvalue weighted by Gasteiger charge is 2.22. The minimum absolute atomic E-state index is 0.259. The molecule has 0 atom stereocenters. The summed E-state index contributed by atoms with van der Waals surface area (Å²) < 4.78 is 7.50. The van der Waals surface area contributed by atoms with Crippen molar-refractivity contribution in [2.45, 2.75) is 39.8 Å². The number of nitrogens with zero attached hydrogens (tertiary/aromatic N) is 2. The van der Waals surface area contributed by atoms with Crippen molar-refractivity contribution in [2.24, 2.45) is 5.41 Å². The van der Waals surface area contributed by atoms with Crippen molar-refractivity contribution in [1.82, 2.24) is 14.9 Å². The number of hydrogen-bond acceptors (Lipinski definition) is 3. The standard InChI is InChI=1S/C13H23N3O/c1-13(2,5-7-17-3)9-16-10-15-11-8-14-6-4-12(11)16/h10,14H,4-9H2,1-3H3. The molecule has 4 nitrogen and oxygen atoms in total. The number of hydrogen-bond donors (Lipinski definition) is 1. The summed E-state index contributed by atoms with van der Waals surface area (Å²) in [6.07, 6.45) is 4.16. The molecular weight excluding hydrogens is 214 g/mol. The summed E-state index contributed by atoms with van der Waals surface area (Å²) in [5, 5.41) is 3.36. The maximum Gasteiger partial charge on any atom is 0.0952 e. The van der Waals surface area contributed by atoms with Gasteiger partial charge >= 0.3 is 0 Å². The molecule has 0 spiro atoms. The molecular formula is C13H23N3O. The van der Waals surface area contributed by atoms with Crippen LogP contribution >= 0.6 is 0 Å². The lowest BCUT2D eigenvalue weighted by atomic mass is 9.89. The van der Waals surface area contributed by atoms with Gasteiger partial charge < -0.3 is 14.6 Å². The summed E-state index contributed by atoms with van der Waals surface area (Å²) in [7, 11) is 1.76. The van der Waals surface area contributed by atoms with Crippen LogP contribution in [0, 0.1) is 5.41 Å².